The minimum atomic E-state index is -4.48. The lowest BCUT2D eigenvalue weighted by Crippen LogP contribution is -2.27. The molecule has 2 N–H and O–H groups in total. The van der Waals surface area contributed by atoms with E-state index in [1.165, 1.54) is 31.3 Å². The van der Waals surface area contributed by atoms with E-state index in [9.17, 15) is 30.0 Å². The number of rotatable bonds is 5. The number of nitrogens with two attached hydrogens (primary N) is 1. The van der Waals surface area contributed by atoms with Gasteiger partial charge in [0.25, 0.3) is 0 Å². The first-order chi connectivity index (χ1) is 11.8. The van der Waals surface area contributed by atoms with Gasteiger partial charge in [0, 0.05) is 13.6 Å². The van der Waals surface area contributed by atoms with Gasteiger partial charge in [0.05, 0.1) is 15.4 Å². The lowest BCUT2D eigenvalue weighted by Gasteiger charge is -2.18. The fourth-order valence-electron chi connectivity index (χ4n) is 2.13. The molecule has 26 heavy (non-hydrogen) atoms. The standard InChI is InChI=1S/C15H15F3N2O4S2/c1-20(10-11-5-7-12(8-6-11)15(16,17)18)26(23,24)14-4-2-3-13(9-14)25(19,21)22/h2-9H,10H2,1H3,(H2,19,21,22). The van der Waals surface area contributed by atoms with Crippen LogP contribution in [-0.2, 0) is 32.8 Å². The molecule has 0 heterocycles. The van der Waals surface area contributed by atoms with E-state index in [1.54, 1.807) is 0 Å². The molecule has 0 bridgehead atoms. The molecule has 0 saturated heterocycles. The average molecular weight is 408 g/mol. The Balaban J connectivity index is 2.27. The maximum Gasteiger partial charge on any atom is 0.416 e. The summed E-state index contributed by atoms with van der Waals surface area (Å²) in [6, 6.07) is 8.59. The van der Waals surface area contributed by atoms with E-state index in [2.05, 4.69) is 0 Å². The van der Waals surface area contributed by atoms with E-state index in [0.29, 0.717) is 5.56 Å². The summed E-state index contributed by atoms with van der Waals surface area (Å²) in [5.41, 5.74) is -0.501. The topological polar surface area (TPSA) is 97.5 Å². The molecule has 2 aromatic carbocycles. The number of benzene rings is 2. The number of nitrogens with zero attached hydrogens (tertiary/aromatic N) is 1. The van der Waals surface area contributed by atoms with Crippen LogP contribution in [0.1, 0.15) is 11.1 Å². The van der Waals surface area contributed by atoms with Crippen molar-refractivity contribution < 1.29 is 30.0 Å². The monoisotopic (exact) mass is 408 g/mol. The zero-order chi connectivity index (χ0) is 19.8. The summed E-state index contributed by atoms with van der Waals surface area (Å²) in [6.07, 6.45) is -4.48. The summed E-state index contributed by atoms with van der Waals surface area (Å²) in [4.78, 5) is -0.653. The number of halogens is 3. The van der Waals surface area contributed by atoms with E-state index in [1.807, 2.05) is 0 Å². The second-order valence-electron chi connectivity index (χ2n) is 5.48. The van der Waals surface area contributed by atoms with Crippen LogP contribution in [0.2, 0.25) is 0 Å². The van der Waals surface area contributed by atoms with Crippen LogP contribution >= 0.6 is 0 Å². The number of sulfonamides is 2. The molecule has 0 saturated carbocycles. The van der Waals surface area contributed by atoms with Gasteiger partial charge in [-0.25, -0.2) is 22.0 Å². The molecule has 142 valence electrons. The van der Waals surface area contributed by atoms with Crippen LogP contribution in [0.25, 0.3) is 0 Å². The smallest absolute Gasteiger partial charge is 0.225 e. The summed E-state index contributed by atoms with van der Waals surface area (Å²) < 4.78 is 86.4. The molecule has 0 aromatic heterocycles. The molecule has 0 amide bonds. The fourth-order valence-corrected chi connectivity index (χ4v) is 3.97. The van der Waals surface area contributed by atoms with Crippen LogP contribution < -0.4 is 5.14 Å². The lowest BCUT2D eigenvalue weighted by atomic mass is 10.1. The van der Waals surface area contributed by atoms with Crippen molar-refractivity contribution in [1.29, 1.82) is 0 Å². The zero-order valence-electron chi connectivity index (χ0n) is 13.4. The quantitative estimate of drug-likeness (QED) is 0.820. The third-order valence-electron chi connectivity index (χ3n) is 3.53. The van der Waals surface area contributed by atoms with E-state index in [0.717, 1.165) is 28.6 Å². The first kappa shape index (κ1) is 20.4. The van der Waals surface area contributed by atoms with E-state index in [-0.39, 0.29) is 16.3 Å². The van der Waals surface area contributed by atoms with Gasteiger partial charge in [-0.05, 0) is 35.9 Å². The molecule has 0 fully saturated rings. The van der Waals surface area contributed by atoms with Gasteiger partial charge in [-0.3, -0.25) is 0 Å². The van der Waals surface area contributed by atoms with Gasteiger partial charge in [-0.2, -0.15) is 17.5 Å². The average Bonchev–Trinajstić information content (AvgIpc) is 2.53. The maximum absolute atomic E-state index is 12.6. The van der Waals surface area contributed by atoms with Gasteiger partial charge < -0.3 is 0 Å². The highest BCUT2D eigenvalue weighted by molar-refractivity contribution is 7.90. The predicted molar refractivity (Wildman–Crippen MR) is 87.9 cm³/mol. The second kappa shape index (κ2) is 6.99. The molecule has 0 spiro atoms. The van der Waals surface area contributed by atoms with Crippen LogP contribution in [0.3, 0.4) is 0 Å². The van der Waals surface area contributed by atoms with Gasteiger partial charge in [-0.15, -0.1) is 0 Å². The Labute approximate surface area is 149 Å². The molecule has 0 unspecified atom stereocenters. The van der Waals surface area contributed by atoms with Crippen molar-refractivity contribution in [1.82, 2.24) is 4.31 Å². The van der Waals surface area contributed by atoms with Crippen LogP contribution in [0.5, 0.6) is 0 Å². The van der Waals surface area contributed by atoms with Crippen molar-refractivity contribution in [3.05, 3.63) is 59.7 Å². The van der Waals surface area contributed by atoms with Crippen molar-refractivity contribution >= 4 is 20.0 Å². The SMILES string of the molecule is CN(Cc1ccc(C(F)(F)F)cc1)S(=O)(=O)c1cccc(S(N)(=O)=O)c1. The predicted octanol–water partition coefficient (Wildman–Crippen LogP) is 2.17. The Morgan fingerprint density at radius 2 is 1.50 bits per heavy atom. The fraction of sp³-hybridized carbons (Fsp3) is 0.200. The van der Waals surface area contributed by atoms with Crippen molar-refractivity contribution in [2.75, 3.05) is 7.05 Å². The van der Waals surface area contributed by atoms with Gasteiger partial charge in [0.15, 0.2) is 0 Å². The molecule has 0 radical (unpaired) electrons. The molecule has 6 nitrogen and oxygen atoms in total. The van der Waals surface area contributed by atoms with Gasteiger partial charge >= 0.3 is 6.18 Å². The molecule has 0 aliphatic heterocycles. The van der Waals surface area contributed by atoms with Gasteiger partial charge in [0.2, 0.25) is 20.0 Å². The number of primary sulfonamides is 1. The van der Waals surface area contributed by atoms with Crippen molar-refractivity contribution in [3.8, 4) is 0 Å². The van der Waals surface area contributed by atoms with Crippen molar-refractivity contribution in [3.63, 3.8) is 0 Å². The third-order valence-corrected chi connectivity index (χ3v) is 6.24. The van der Waals surface area contributed by atoms with Crippen LogP contribution in [-0.4, -0.2) is 28.2 Å². The normalized spacial score (nSPS) is 13.2. The Morgan fingerprint density at radius 1 is 0.962 bits per heavy atom. The third kappa shape index (κ3) is 4.61. The molecular weight excluding hydrogens is 393 g/mol. The molecule has 0 aliphatic carbocycles. The van der Waals surface area contributed by atoms with E-state index >= 15 is 0 Å². The summed E-state index contributed by atoms with van der Waals surface area (Å²) in [5, 5.41) is 4.99. The maximum atomic E-state index is 12.6. The minimum Gasteiger partial charge on any atom is -0.225 e. The summed E-state index contributed by atoms with van der Waals surface area (Å²) in [5.74, 6) is 0. The molecule has 0 aliphatic rings. The molecular formula is C15H15F3N2O4S2. The Kier molecular flexibility index (Phi) is 5.47. The molecule has 2 rings (SSSR count). The highest BCUT2D eigenvalue weighted by Crippen LogP contribution is 2.29. The molecule has 2 aromatic rings. The molecule has 0 atom stereocenters. The summed E-state index contributed by atoms with van der Waals surface area (Å²) >= 11 is 0. The first-order valence-corrected chi connectivity index (χ1v) is 10.1. The Bertz CT molecular complexity index is 1000. The van der Waals surface area contributed by atoms with Crippen molar-refractivity contribution in [2.45, 2.75) is 22.5 Å². The summed E-state index contributed by atoms with van der Waals surface area (Å²) in [6.45, 7) is -0.194. The van der Waals surface area contributed by atoms with Crippen LogP contribution in [0.15, 0.2) is 58.3 Å². The van der Waals surface area contributed by atoms with E-state index in [4.69, 9.17) is 5.14 Å². The number of hydrogen-bond donors (Lipinski definition) is 1. The number of alkyl halides is 3. The Morgan fingerprint density at radius 3 is 2.00 bits per heavy atom. The van der Waals surface area contributed by atoms with Crippen LogP contribution in [0.4, 0.5) is 13.2 Å². The largest absolute Gasteiger partial charge is 0.416 e. The van der Waals surface area contributed by atoms with Gasteiger partial charge in [0.1, 0.15) is 0 Å². The zero-order valence-corrected chi connectivity index (χ0v) is 15.1. The first-order valence-electron chi connectivity index (χ1n) is 7.07. The summed E-state index contributed by atoms with van der Waals surface area (Å²) in [7, 11) is -6.91. The van der Waals surface area contributed by atoms with Gasteiger partial charge in [-0.1, -0.05) is 18.2 Å². The van der Waals surface area contributed by atoms with Crippen LogP contribution in [0, 0.1) is 0 Å². The van der Waals surface area contributed by atoms with E-state index < -0.39 is 31.8 Å². The van der Waals surface area contributed by atoms with Crippen molar-refractivity contribution in [2.24, 2.45) is 5.14 Å². The highest BCUT2D eigenvalue weighted by atomic mass is 32.2. The Hall–Kier alpha value is -1.95. The highest BCUT2D eigenvalue weighted by Gasteiger charge is 2.30. The lowest BCUT2D eigenvalue weighted by molar-refractivity contribution is -0.137. The number of hydrogen-bond acceptors (Lipinski definition) is 4. The minimum absolute atomic E-state index is 0.194. The molecule has 11 heteroatoms. The second-order valence-corrected chi connectivity index (χ2v) is 9.08.